The minimum atomic E-state index is -0.701. The van der Waals surface area contributed by atoms with Crippen molar-refractivity contribution in [3.05, 3.63) is 131 Å². The van der Waals surface area contributed by atoms with E-state index >= 15 is 0 Å². The Labute approximate surface area is 270 Å². The molecule has 0 bridgehead atoms. The lowest BCUT2D eigenvalue weighted by molar-refractivity contribution is -0.143. The van der Waals surface area contributed by atoms with Crippen molar-refractivity contribution in [3.63, 3.8) is 0 Å². The van der Waals surface area contributed by atoms with Gasteiger partial charge in [-0.3, -0.25) is 9.36 Å². The Hall–Kier alpha value is -4.40. The SMILES string of the molecule is CCOc1ccc([C@@H]2C(C(=O)OC(C)C)=C(C)N=c3s/c(=C/c4c(C)n(Cc5ccccc5Cl)c5ccccc45)c(=O)n32)cc1. The average Bonchev–Trinajstić information content (AvgIpc) is 3.46. The molecule has 0 radical (unpaired) electrons. The first-order valence-corrected chi connectivity index (χ1v) is 16.1. The molecule has 1 aliphatic heterocycles. The van der Waals surface area contributed by atoms with Gasteiger partial charge in [0.25, 0.3) is 5.56 Å². The highest BCUT2D eigenvalue weighted by molar-refractivity contribution is 7.07. The molecule has 230 valence electrons. The molecule has 0 unspecified atom stereocenters. The first-order valence-electron chi connectivity index (χ1n) is 15.0. The number of benzene rings is 3. The normalized spacial score (nSPS) is 15.0. The molecule has 0 aliphatic carbocycles. The Bertz CT molecular complexity index is 2140. The number of hydrogen-bond donors (Lipinski definition) is 0. The molecular weight excluding hydrogens is 606 g/mol. The van der Waals surface area contributed by atoms with Gasteiger partial charge in [-0.25, -0.2) is 9.79 Å². The van der Waals surface area contributed by atoms with Gasteiger partial charge in [0.1, 0.15) is 5.75 Å². The molecule has 5 aromatic rings. The number of carbonyl (C=O) groups excluding carboxylic acids is 1. The summed E-state index contributed by atoms with van der Waals surface area (Å²) < 4.78 is 15.7. The zero-order chi connectivity index (χ0) is 31.8. The van der Waals surface area contributed by atoms with Crippen molar-refractivity contribution in [3.8, 4) is 5.75 Å². The van der Waals surface area contributed by atoms with Crippen LogP contribution in [0.2, 0.25) is 5.02 Å². The van der Waals surface area contributed by atoms with Crippen molar-refractivity contribution in [1.29, 1.82) is 0 Å². The molecule has 6 rings (SSSR count). The molecule has 0 N–H and O–H groups in total. The van der Waals surface area contributed by atoms with Crippen molar-refractivity contribution in [2.75, 3.05) is 6.61 Å². The highest BCUT2D eigenvalue weighted by Crippen LogP contribution is 2.33. The molecule has 0 spiro atoms. The highest BCUT2D eigenvalue weighted by Gasteiger charge is 2.34. The van der Waals surface area contributed by atoms with Gasteiger partial charge in [0.05, 0.1) is 34.6 Å². The lowest BCUT2D eigenvalue weighted by Gasteiger charge is -2.25. The van der Waals surface area contributed by atoms with Crippen LogP contribution in [0.4, 0.5) is 0 Å². The lowest BCUT2D eigenvalue weighted by Crippen LogP contribution is -2.40. The summed E-state index contributed by atoms with van der Waals surface area (Å²) in [4.78, 5) is 33.1. The minimum Gasteiger partial charge on any atom is -0.494 e. The molecule has 1 atom stereocenters. The molecule has 0 fully saturated rings. The third-order valence-corrected chi connectivity index (χ3v) is 9.28. The molecule has 7 nitrogen and oxygen atoms in total. The minimum absolute atomic E-state index is 0.220. The number of aromatic nitrogens is 2. The maximum Gasteiger partial charge on any atom is 0.338 e. The van der Waals surface area contributed by atoms with Crippen molar-refractivity contribution in [2.45, 2.75) is 53.3 Å². The summed E-state index contributed by atoms with van der Waals surface area (Å²) in [6.45, 7) is 10.5. The van der Waals surface area contributed by atoms with Gasteiger partial charge in [0.2, 0.25) is 0 Å². The molecule has 45 heavy (non-hydrogen) atoms. The van der Waals surface area contributed by atoms with Crippen LogP contribution in [0.15, 0.2) is 93.9 Å². The van der Waals surface area contributed by atoms with Gasteiger partial charge < -0.3 is 14.0 Å². The summed E-state index contributed by atoms with van der Waals surface area (Å²) in [5, 5.41) is 1.74. The van der Waals surface area contributed by atoms with E-state index in [4.69, 9.17) is 26.1 Å². The van der Waals surface area contributed by atoms with E-state index in [1.54, 1.807) is 25.3 Å². The van der Waals surface area contributed by atoms with E-state index < -0.39 is 12.0 Å². The van der Waals surface area contributed by atoms with Crippen LogP contribution in [-0.4, -0.2) is 27.8 Å². The Balaban J connectivity index is 1.53. The Morgan fingerprint density at radius 2 is 1.76 bits per heavy atom. The number of ether oxygens (including phenoxy) is 2. The lowest BCUT2D eigenvalue weighted by atomic mass is 9.96. The number of hydrogen-bond acceptors (Lipinski definition) is 6. The van der Waals surface area contributed by atoms with Crippen LogP contribution in [0.1, 0.15) is 56.1 Å². The summed E-state index contributed by atoms with van der Waals surface area (Å²) in [7, 11) is 0. The second kappa shape index (κ2) is 12.5. The largest absolute Gasteiger partial charge is 0.494 e. The second-order valence-electron chi connectivity index (χ2n) is 11.2. The van der Waals surface area contributed by atoms with Gasteiger partial charge in [-0.1, -0.05) is 71.5 Å². The number of rotatable bonds is 8. The number of fused-ring (bicyclic) bond motifs is 2. The molecule has 3 heterocycles. The van der Waals surface area contributed by atoms with Gasteiger partial charge in [0, 0.05) is 33.7 Å². The zero-order valence-corrected chi connectivity index (χ0v) is 27.4. The van der Waals surface area contributed by atoms with Crippen LogP contribution in [0.3, 0.4) is 0 Å². The second-order valence-corrected chi connectivity index (χ2v) is 12.6. The Kier molecular flexibility index (Phi) is 8.53. The molecule has 1 aliphatic rings. The maximum atomic E-state index is 14.3. The number of para-hydroxylation sites is 1. The summed E-state index contributed by atoms with van der Waals surface area (Å²) in [6.07, 6.45) is 1.63. The fraction of sp³-hybridized carbons (Fsp3) is 0.250. The summed E-state index contributed by atoms with van der Waals surface area (Å²) in [5.74, 6) is 0.224. The van der Waals surface area contributed by atoms with Crippen LogP contribution >= 0.6 is 22.9 Å². The number of carbonyl (C=O) groups is 1. The predicted molar refractivity (Wildman–Crippen MR) is 180 cm³/mol. The van der Waals surface area contributed by atoms with Crippen LogP contribution in [-0.2, 0) is 16.1 Å². The molecule has 0 amide bonds. The number of nitrogens with zero attached hydrogens (tertiary/aromatic N) is 3. The van der Waals surface area contributed by atoms with Gasteiger partial charge >= 0.3 is 5.97 Å². The molecule has 3 aromatic carbocycles. The molecule has 0 saturated carbocycles. The van der Waals surface area contributed by atoms with Gasteiger partial charge in [0.15, 0.2) is 4.80 Å². The molecular formula is C36H34ClN3O4S. The smallest absolute Gasteiger partial charge is 0.338 e. The quantitative estimate of drug-likeness (QED) is 0.181. The van der Waals surface area contributed by atoms with Crippen LogP contribution in [0.25, 0.3) is 17.0 Å². The van der Waals surface area contributed by atoms with Gasteiger partial charge in [-0.15, -0.1) is 0 Å². The first kappa shape index (κ1) is 30.6. The topological polar surface area (TPSA) is 74.8 Å². The maximum absolute atomic E-state index is 14.3. The Morgan fingerprint density at radius 3 is 2.47 bits per heavy atom. The van der Waals surface area contributed by atoms with Crippen molar-refractivity contribution in [1.82, 2.24) is 9.13 Å². The van der Waals surface area contributed by atoms with Gasteiger partial charge in [-0.05, 0) is 76.1 Å². The zero-order valence-electron chi connectivity index (χ0n) is 25.8. The number of allylic oxidation sites excluding steroid dienone is 1. The van der Waals surface area contributed by atoms with E-state index in [0.29, 0.717) is 44.5 Å². The van der Waals surface area contributed by atoms with E-state index in [1.807, 2.05) is 73.7 Å². The fourth-order valence-electron chi connectivity index (χ4n) is 5.86. The van der Waals surface area contributed by atoms with E-state index in [0.717, 1.165) is 33.3 Å². The van der Waals surface area contributed by atoms with Crippen LogP contribution in [0.5, 0.6) is 5.75 Å². The summed E-state index contributed by atoms with van der Waals surface area (Å²) >= 11 is 7.85. The summed E-state index contributed by atoms with van der Waals surface area (Å²) in [6, 6.07) is 22.8. The standard InChI is InChI=1S/C36H34ClN3O4S/c1-6-43-26-17-15-24(16-18-26)33-32(35(42)44-21(2)3)22(4)38-36-40(33)34(41)31(45-36)19-28-23(5)39(30-14-10-8-12-27(28)30)20-25-11-7-9-13-29(25)37/h7-19,21,33H,6,20H2,1-5H3/b31-19+/t33-/m1/s1. The van der Waals surface area contributed by atoms with Gasteiger partial charge in [-0.2, -0.15) is 0 Å². The average molecular weight is 640 g/mol. The number of thiazole rings is 1. The third-order valence-electron chi connectivity index (χ3n) is 7.93. The summed E-state index contributed by atoms with van der Waals surface area (Å²) in [5.41, 5.74) is 5.46. The highest BCUT2D eigenvalue weighted by atomic mass is 35.5. The molecule has 0 saturated heterocycles. The van der Waals surface area contributed by atoms with E-state index in [1.165, 1.54) is 11.3 Å². The van der Waals surface area contributed by atoms with Crippen LogP contribution in [0, 0.1) is 6.92 Å². The fourth-order valence-corrected chi connectivity index (χ4v) is 7.08. The monoisotopic (exact) mass is 639 g/mol. The number of halogens is 1. The van der Waals surface area contributed by atoms with Crippen molar-refractivity contribution >= 4 is 45.9 Å². The van der Waals surface area contributed by atoms with Crippen molar-refractivity contribution in [2.24, 2.45) is 4.99 Å². The third kappa shape index (κ3) is 5.76. The van der Waals surface area contributed by atoms with E-state index in [9.17, 15) is 9.59 Å². The first-order chi connectivity index (χ1) is 21.7. The molecule has 9 heteroatoms. The van der Waals surface area contributed by atoms with Crippen LogP contribution < -0.4 is 19.6 Å². The molecule has 2 aromatic heterocycles. The van der Waals surface area contributed by atoms with Crippen molar-refractivity contribution < 1.29 is 14.3 Å². The Morgan fingerprint density at radius 1 is 1.04 bits per heavy atom. The van der Waals surface area contributed by atoms with E-state index in [-0.39, 0.29) is 11.7 Å². The number of esters is 1. The van der Waals surface area contributed by atoms with E-state index in [2.05, 4.69) is 23.6 Å². The predicted octanol–water partition coefficient (Wildman–Crippen LogP) is 6.55.